The third kappa shape index (κ3) is 3.62. The lowest BCUT2D eigenvalue weighted by Gasteiger charge is -2.02. The van der Waals surface area contributed by atoms with E-state index in [1.54, 1.807) is 12.1 Å². The fraction of sp³-hybridized carbons (Fsp3) is 0.375. The van der Waals surface area contributed by atoms with E-state index in [4.69, 9.17) is 5.73 Å². The van der Waals surface area contributed by atoms with Gasteiger partial charge in [-0.25, -0.2) is 9.78 Å². The first-order valence-corrected chi connectivity index (χ1v) is 7.17. The molecule has 2 N–H and O–H groups in total. The van der Waals surface area contributed by atoms with Crippen LogP contribution in [0.4, 0.5) is 5.95 Å². The van der Waals surface area contributed by atoms with Crippen molar-refractivity contribution < 1.29 is 9.53 Å². The average molecular weight is 287 g/mol. The van der Waals surface area contributed by atoms with Gasteiger partial charge in [0.05, 0.1) is 18.4 Å². The van der Waals surface area contributed by atoms with Crippen LogP contribution in [-0.2, 0) is 11.3 Å². The van der Waals surface area contributed by atoms with E-state index in [1.807, 2.05) is 22.9 Å². The molecule has 21 heavy (non-hydrogen) atoms. The van der Waals surface area contributed by atoms with Crippen molar-refractivity contribution in [3.63, 3.8) is 0 Å². The summed E-state index contributed by atoms with van der Waals surface area (Å²) >= 11 is 0. The monoisotopic (exact) mass is 287 g/mol. The second-order valence-corrected chi connectivity index (χ2v) is 4.95. The van der Waals surface area contributed by atoms with E-state index >= 15 is 0 Å². The fourth-order valence-electron chi connectivity index (χ4n) is 2.18. The zero-order valence-electron chi connectivity index (χ0n) is 12.5. The molecule has 1 heterocycles. The van der Waals surface area contributed by atoms with Gasteiger partial charge in [-0.15, -0.1) is 0 Å². The average Bonchev–Trinajstić information content (AvgIpc) is 2.88. The minimum atomic E-state index is -0.342. The van der Waals surface area contributed by atoms with E-state index in [2.05, 4.69) is 16.6 Å². The highest BCUT2D eigenvalue weighted by atomic mass is 16.5. The Kier molecular flexibility index (Phi) is 4.98. The molecule has 5 heteroatoms. The molecular formula is C16H21N3O2. The number of anilines is 1. The molecule has 0 saturated heterocycles. The third-order valence-corrected chi connectivity index (χ3v) is 3.41. The Morgan fingerprint density at radius 2 is 2.00 bits per heavy atom. The Balaban J connectivity index is 2.14. The number of nitrogens with two attached hydrogens (primary N) is 1. The first kappa shape index (κ1) is 15.1. The smallest absolute Gasteiger partial charge is 0.337 e. The molecule has 0 spiro atoms. The number of carbonyl (C=O) groups excluding carboxylic acids is 1. The fourth-order valence-corrected chi connectivity index (χ4v) is 2.18. The van der Waals surface area contributed by atoms with Crippen LogP contribution in [0, 0.1) is 0 Å². The molecule has 1 aromatic carbocycles. The number of nitrogens with zero attached hydrogens (tertiary/aromatic N) is 2. The summed E-state index contributed by atoms with van der Waals surface area (Å²) in [7, 11) is 1.37. The van der Waals surface area contributed by atoms with Crippen LogP contribution in [0.15, 0.2) is 30.5 Å². The molecule has 0 aliphatic rings. The van der Waals surface area contributed by atoms with Crippen molar-refractivity contribution >= 4 is 11.9 Å². The lowest BCUT2D eigenvalue weighted by atomic mass is 10.1. The van der Waals surface area contributed by atoms with E-state index in [1.165, 1.54) is 20.0 Å². The highest BCUT2D eigenvalue weighted by Crippen LogP contribution is 2.21. The summed E-state index contributed by atoms with van der Waals surface area (Å²) in [5.74, 6) is 0.185. The van der Waals surface area contributed by atoms with Gasteiger partial charge in [-0.1, -0.05) is 31.9 Å². The summed E-state index contributed by atoms with van der Waals surface area (Å²) in [5, 5.41) is 0. The Labute approximate surface area is 124 Å². The zero-order valence-corrected chi connectivity index (χ0v) is 12.5. The maximum atomic E-state index is 11.4. The number of nitrogen functional groups attached to an aromatic ring is 1. The van der Waals surface area contributed by atoms with Crippen LogP contribution in [0.25, 0.3) is 11.3 Å². The maximum Gasteiger partial charge on any atom is 0.337 e. The molecule has 1 aromatic heterocycles. The maximum absolute atomic E-state index is 11.4. The Morgan fingerprint density at radius 3 is 2.62 bits per heavy atom. The van der Waals surface area contributed by atoms with E-state index in [0.717, 1.165) is 24.2 Å². The topological polar surface area (TPSA) is 70.1 Å². The van der Waals surface area contributed by atoms with Crippen molar-refractivity contribution in [1.82, 2.24) is 9.55 Å². The summed E-state index contributed by atoms with van der Waals surface area (Å²) in [6.45, 7) is 3.05. The minimum Gasteiger partial charge on any atom is -0.465 e. The number of rotatable bonds is 6. The van der Waals surface area contributed by atoms with Gasteiger partial charge >= 0.3 is 5.97 Å². The Hall–Kier alpha value is -2.30. The number of aromatic nitrogens is 2. The molecule has 0 saturated carbocycles. The molecule has 5 nitrogen and oxygen atoms in total. The number of unbranched alkanes of at least 4 members (excludes halogenated alkanes) is 2. The highest BCUT2D eigenvalue weighted by molar-refractivity contribution is 5.89. The van der Waals surface area contributed by atoms with Gasteiger partial charge in [0.25, 0.3) is 0 Å². The second-order valence-electron chi connectivity index (χ2n) is 4.95. The van der Waals surface area contributed by atoms with Gasteiger partial charge in [0.1, 0.15) is 0 Å². The number of hydrogen-bond donors (Lipinski definition) is 1. The first-order valence-electron chi connectivity index (χ1n) is 7.17. The van der Waals surface area contributed by atoms with Gasteiger partial charge in [-0.3, -0.25) is 0 Å². The number of methoxy groups -OCH3 is 1. The summed E-state index contributed by atoms with van der Waals surface area (Å²) in [5.41, 5.74) is 8.22. The molecular weight excluding hydrogens is 266 g/mol. The van der Waals surface area contributed by atoms with E-state index in [9.17, 15) is 4.79 Å². The second kappa shape index (κ2) is 6.92. The molecule has 0 fully saturated rings. The highest BCUT2D eigenvalue weighted by Gasteiger charge is 2.09. The molecule has 0 aliphatic heterocycles. The molecule has 0 aliphatic carbocycles. The number of esters is 1. The standard InChI is InChI=1S/C16H21N3O2/c1-3-4-5-10-19-11-14(18-16(19)17)12-6-8-13(9-7-12)15(20)21-2/h6-9,11H,3-5,10H2,1-2H3,(H2,17,18). The van der Waals surface area contributed by atoms with Crippen molar-refractivity contribution in [3.05, 3.63) is 36.0 Å². The number of aryl methyl sites for hydroxylation is 1. The minimum absolute atomic E-state index is 0.342. The molecule has 0 amide bonds. The van der Waals surface area contributed by atoms with E-state index in [-0.39, 0.29) is 5.97 Å². The van der Waals surface area contributed by atoms with E-state index < -0.39 is 0 Å². The first-order chi connectivity index (χ1) is 10.2. The number of imidazole rings is 1. The molecule has 0 unspecified atom stereocenters. The van der Waals surface area contributed by atoms with Crippen LogP contribution in [0.1, 0.15) is 36.5 Å². The van der Waals surface area contributed by atoms with Gasteiger partial charge in [0.2, 0.25) is 5.95 Å². The van der Waals surface area contributed by atoms with Crippen molar-refractivity contribution in [2.24, 2.45) is 0 Å². The summed E-state index contributed by atoms with van der Waals surface area (Å²) in [4.78, 5) is 15.8. The van der Waals surface area contributed by atoms with Crippen LogP contribution in [0.5, 0.6) is 0 Å². The Morgan fingerprint density at radius 1 is 1.29 bits per heavy atom. The lowest BCUT2D eigenvalue weighted by Crippen LogP contribution is -2.02. The van der Waals surface area contributed by atoms with Crippen molar-refractivity contribution in [2.75, 3.05) is 12.8 Å². The molecule has 2 rings (SSSR count). The third-order valence-electron chi connectivity index (χ3n) is 3.41. The van der Waals surface area contributed by atoms with Crippen LogP contribution in [-0.4, -0.2) is 22.6 Å². The number of carbonyl (C=O) groups is 1. The molecule has 0 bridgehead atoms. The SMILES string of the molecule is CCCCCn1cc(-c2ccc(C(=O)OC)cc2)nc1N. The van der Waals surface area contributed by atoms with Gasteiger partial charge in [-0.2, -0.15) is 0 Å². The van der Waals surface area contributed by atoms with Gasteiger partial charge in [0, 0.05) is 18.3 Å². The van der Waals surface area contributed by atoms with Crippen LogP contribution in [0.2, 0.25) is 0 Å². The summed E-state index contributed by atoms with van der Waals surface area (Å²) in [6.07, 6.45) is 5.41. The predicted molar refractivity (Wildman–Crippen MR) is 82.9 cm³/mol. The quantitative estimate of drug-likeness (QED) is 0.654. The van der Waals surface area contributed by atoms with Crippen molar-refractivity contribution in [2.45, 2.75) is 32.7 Å². The molecule has 2 aromatic rings. The van der Waals surface area contributed by atoms with E-state index in [0.29, 0.717) is 11.5 Å². The molecule has 112 valence electrons. The summed E-state index contributed by atoms with van der Waals surface area (Å²) < 4.78 is 6.65. The van der Waals surface area contributed by atoms with Crippen LogP contribution < -0.4 is 5.73 Å². The van der Waals surface area contributed by atoms with Gasteiger partial charge < -0.3 is 15.0 Å². The summed E-state index contributed by atoms with van der Waals surface area (Å²) in [6, 6.07) is 7.16. The van der Waals surface area contributed by atoms with Crippen molar-refractivity contribution in [1.29, 1.82) is 0 Å². The number of hydrogen-bond acceptors (Lipinski definition) is 4. The largest absolute Gasteiger partial charge is 0.465 e. The number of ether oxygens (including phenoxy) is 1. The van der Waals surface area contributed by atoms with Crippen molar-refractivity contribution in [3.8, 4) is 11.3 Å². The Bertz CT molecular complexity index is 602. The normalized spacial score (nSPS) is 10.6. The van der Waals surface area contributed by atoms with Crippen LogP contribution >= 0.6 is 0 Å². The lowest BCUT2D eigenvalue weighted by molar-refractivity contribution is 0.0601. The predicted octanol–water partition coefficient (Wildman–Crippen LogP) is 3.11. The zero-order chi connectivity index (χ0) is 15.2. The van der Waals surface area contributed by atoms with Gasteiger partial charge in [-0.05, 0) is 18.6 Å². The van der Waals surface area contributed by atoms with Gasteiger partial charge in [0.15, 0.2) is 0 Å². The van der Waals surface area contributed by atoms with Crippen LogP contribution in [0.3, 0.4) is 0 Å². The number of benzene rings is 1. The molecule has 0 atom stereocenters. The molecule has 0 radical (unpaired) electrons.